The molecule has 5 aliphatic carbocycles. The summed E-state index contributed by atoms with van der Waals surface area (Å²) in [7, 11) is 0. The van der Waals surface area contributed by atoms with E-state index in [1.807, 2.05) is 0 Å². The van der Waals surface area contributed by atoms with Crippen LogP contribution >= 0.6 is 0 Å². The van der Waals surface area contributed by atoms with Crippen LogP contribution in [0.1, 0.15) is 62.0 Å². The summed E-state index contributed by atoms with van der Waals surface area (Å²) in [4.78, 5) is 7.93. The molecule has 0 saturated heterocycles. The monoisotopic (exact) mass is 808 g/mol. The molecular weight excluding hydrogens is 757 g/mol. The molecule has 7 unspecified atom stereocenters. The standard InChI is InChI=1S/C57H52N4O/c1-5-17-37(18-6-1)40-23-15-24-41(33-40)42-31-32-44(48(34-42)57-59-55(38-19-7-2-8-20-38)58-56(60-57)39-21-9-3-10-22-39)46-28-16-30-52-54(46)49-35-47-45-27-13-14-29-50(45)61(43-25-11-4-12-26-43)51(47)36-53(49)62-52/h1-2,4-9,11-15,17-19,21-27,29-30,33-36,38,44-45,48,50,55,57,59H,3,10,16,20,28,31-32H2,(H,58,60). The number of anilines is 2. The summed E-state index contributed by atoms with van der Waals surface area (Å²) >= 11 is 0. The van der Waals surface area contributed by atoms with Crippen molar-refractivity contribution in [1.82, 2.24) is 10.6 Å². The summed E-state index contributed by atoms with van der Waals surface area (Å²) in [5, 5.41) is 10.8. The maximum Gasteiger partial charge on any atom is 0.137 e. The maximum atomic E-state index is 6.96. The van der Waals surface area contributed by atoms with E-state index in [1.54, 1.807) is 0 Å². The van der Waals surface area contributed by atoms with Gasteiger partial charge in [-0.25, -0.2) is 4.99 Å². The molecule has 0 amide bonds. The molecular formula is C57H52N4O. The molecule has 1 aromatic heterocycles. The number of amidine groups is 1. The van der Waals surface area contributed by atoms with Gasteiger partial charge in [0.15, 0.2) is 0 Å². The van der Waals surface area contributed by atoms with Crippen molar-refractivity contribution in [3.63, 3.8) is 0 Å². The average Bonchev–Trinajstić information content (AvgIpc) is 3.89. The minimum absolute atomic E-state index is 0.0238. The van der Waals surface area contributed by atoms with E-state index in [2.05, 4.69) is 192 Å². The first-order valence-electron chi connectivity index (χ1n) is 22.9. The van der Waals surface area contributed by atoms with Crippen LogP contribution in [0.3, 0.4) is 0 Å². The zero-order valence-electron chi connectivity index (χ0n) is 35.0. The number of allylic oxidation sites excluding steroid dienone is 8. The minimum Gasteiger partial charge on any atom is -0.456 e. The van der Waals surface area contributed by atoms with Gasteiger partial charge in [-0.2, -0.15) is 0 Å². The molecule has 5 nitrogen and oxygen atoms in total. The third-order valence-electron chi connectivity index (χ3n) is 14.3. The third-order valence-corrected chi connectivity index (χ3v) is 14.3. The van der Waals surface area contributed by atoms with Gasteiger partial charge in [-0.05, 0) is 109 Å². The lowest BCUT2D eigenvalue weighted by Crippen LogP contribution is -2.60. The van der Waals surface area contributed by atoms with E-state index < -0.39 is 0 Å². The van der Waals surface area contributed by atoms with Crippen molar-refractivity contribution in [2.24, 2.45) is 22.7 Å². The lowest BCUT2D eigenvalue weighted by atomic mass is 9.71. The van der Waals surface area contributed by atoms with Crippen LogP contribution in [0.4, 0.5) is 11.4 Å². The largest absolute Gasteiger partial charge is 0.456 e. The van der Waals surface area contributed by atoms with E-state index in [-0.39, 0.29) is 36.1 Å². The Labute approximate surface area is 364 Å². The number of fused-ring (bicyclic) bond motifs is 6. The van der Waals surface area contributed by atoms with Crippen LogP contribution in [0.25, 0.3) is 39.3 Å². The van der Waals surface area contributed by atoms with Gasteiger partial charge in [0.25, 0.3) is 0 Å². The van der Waals surface area contributed by atoms with Crippen molar-refractivity contribution >= 4 is 45.4 Å². The van der Waals surface area contributed by atoms with Crippen LogP contribution in [0.5, 0.6) is 0 Å². The second-order valence-corrected chi connectivity index (χ2v) is 17.9. The molecule has 62 heavy (non-hydrogen) atoms. The fourth-order valence-corrected chi connectivity index (χ4v) is 11.4. The highest BCUT2D eigenvalue weighted by Gasteiger charge is 2.41. The summed E-state index contributed by atoms with van der Waals surface area (Å²) in [6.45, 7) is 0. The van der Waals surface area contributed by atoms with E-state index >= 15 is 0 Å². The predicted molar refractivity (Wildman–Crippen MR) is 256 cm³/mol. The van der Waals surface area contributed by atoms with Crippen LogP contribution in [0, 0.1) is 17.8 Å². The summed E-state index contributed by atoms with van der Waals surface area (Å²) < 4.78 is 6.96. The number of para-hydroxylation sites is 1. The Morgan fingerprint density at radius 2 is 1.56 bits per heavy atom. The van der Waals surface area contributed by atoms with Gasteiger partial charge in [0, 0.05) is 51.4 Å². The van der Waals surface area contributed by atoms with Gasteiger partial charge < -0.3 is 14.6 Å². The lowest BCUT2D eigenvalue weighted by molar-refractivity contribution is 0.249. The molecule has 7 atom stereocenters. The molecule has 0 radical (unpaired) electrons. The Morgan fingerprint density at radius 3 is 2.42 bits per heavy atom. The highest BCUT2D eigenvalue weighted by Crippen LogP contribution is 2.49. The lowest BCUT2D eigenvalue weighted by Gasteiger charge is -2.43. The van der Waals surface area contributed by atoms with Crippen molar-refractivity contribution < 1.29 is 4.42 Å². The zero-order chi connectivity index (χ0) is 41.0. The van der Waals surface area contributed by atoms with Gasteiger partial charge in [0.2, 0.25) is 0 Å². The molecule has 5 heteroatoms. The number of rotatable bonds is 7. The van der Waals surface area contributed by atoms with Crippen LogP contribution in [-0.2, 0) is 0 Å². The number of nitrogens with one attached hydrogen (secondary N) is 2. The van der Waals surface area contributed by atoms with Crippen molar-refractivity contribution in [1.29, 1.82) is 0 Å². The van der Waals surface area contributed by atoms with Gasteiger partial charge in [-0.15, -0.1) is 0 Å². The fourth-order valence-electron chi connectivity index (χ4n) is 11.4. The van der Waals surface area contributed by atoms with Gasteiger partial charge in [-0.3, -0.25) is 5.32 Å². The zero-order valence-corrected chi connectivity index (χ0v) is 35.0. The average molecular weight is 809 g/mol. The third kappa shape index (κ3) is 6.62. The number of furan rings is 1. The molecule has 5 aromatic rings. The van der Waals surface area contributed by atoms with Crippen LogP contribution in [0.2, 0.25) is 0 Å². The van der Waals surface area contributed by atoms with Crippen molar-refractivity contribution in [3.05, 3.63) is 197 Å². The minimum atomic E-state index is -0.0368. The highest BCUT2D eigenvalue weighted by molar-refractivity contribution is 6.01. The molecule has 0 saturated carbocycles. The first kappa shape index (κ1) is 37.3. The smallest absolute Gasteiger partial charge is 0.137 e. The normalized spacial score (nSPS) is 27.2. The second kappa shape index (κ2) is 15.8. The summed E-state index contributed by atoms with van der Waals surface area (Å²) in [5.41, 5.74) is 13.9. The highest BCUT2D eigenvalue weighted by atomic mass is 16.3. The van der Waals surface area contributed by atoms with Crippen LogP contribution < -0.4 is 26.2 Å². The van der Waals surface area contributed by atoms with Crippen LogP contribution in [0.15, 0.2) is 185 Å². The molecule has 12 rings (SSSR count). The first-order chi connectivity index (χ1) is 30.7. The van der Waals surface area contributed by atoms with E-state index in [0.29, 0.717) is 5.92 Å². The molecule has 0 spiro atoms. The second-order valence-electron chi connectivity index (χ2n) is 17.9. The Morgan fingerprint density at radius 1 is 0.726 bits per heavy atom. The quantitative estimate of drug-likeness (QED) is 0.172. The number of hydrogen-bond donors (Lipinski definition) is 2. The van der Waals surface area contributed by atoms with Gasteiger partial charge in [-0.1, -0.05) is 145 Å². The number of benzene rings is 4. The van der Waals surface area contributed by atoms with E-state index in [1.165, 1.54) is 61.0 Å². The maximum absolute atomic E-state index is 6.96. The van der Waals surface area contributed by atoms with Gasteiger partial charge in [0.1, 0.15) is 23.0 Å². The molecule has 0 fully saturated rings. The topological polar surface area (TPSA) is 52.8 Å². The predicted octanol–water partition coefficient (Wildman–Crippen LogP) is 11.3. The Bertz CT molecular complexity index is 2940. The number of nitrogens with zero attached hydrogens (tertiary/aromatic N) is 2. The molecule has 2 N–H and O–H groups in total. The number of hydrogen-bond acceptors (Lipinski definition) is 5. The van der Waals surface area contributed by atoms with Crippen LogP contribution in [-0.4, -0.2) is 24.2 Å². The first-order valence-corrected chi connectivity index (χ1v) is 22.9. The Hall–Kier alpha value is -6.43. The molecule has 4 aromatic carbocycles. The summed E-state index contributed by atoms with van der Waals surface area (Å²) in [5.74, 6) is 2.03. The molecule has 0 bridgehead atoms. The van der Waals surface area contributed by atoms with E-state index in [4.69, 9.17) is 9.41 Å². The number of aliphatic imine (C=N–C) groups is 1. The molecule has 306 valence electrons. The van der Waals surface area contributed by atoms with E-state index in [9.17, 15) is 0 Å². The Kier molecular flexibility index (Phi) is 9.51. The van der Waals surface area contributed by atoms with E-state index in [0.717, 1.165) is 61.8 Å². The molecule has 7 aliphatic rings. The van der Waals surface area contributed by atoms with Gasteiger partial charge >= 0.3 is 0 Å². The molecule has 2 aliphatic heterocycles. The van der Waals surface area contributed by atoms with Crippen molar-refractivity contribution in [2.45, 2.75) is 69.2 Å². The molecule has 3 heterocycles. The van der Waals surface area contributed by atoms with Crippen molar-refractivity contribution in [2.75, 3.05) is 4.90 Å². The van der Waals surface area contributed by atoms with Gasteiger partial charge in [0.05, 0.1) is 12.2 Å². The fraction of sp³-hybridized carbons (Fsp3) is 0.246. The van der Waals surface area contributed by atoms with Crippen molar-refractivity contribution in [3.8, 4) is 11.1 Å². The SMILES string of the molecule is C1=CCC(C2N=C(C3=CCCC=C3)NC(C3C=C(c4cccc(-c5ccccc5)c4)CCC3C3=c4c(oc5cc6c(cc45)C4C=CC=CC4N6c4ccccc4)=CCC3)N2)C=C1. The Balaban J connectivity index is 1.01. The summed E-state index contributed by atoms with van der Waals surface area (Å²) in [6.07, 6.45) is 37.2. The summed E-state index contributed by atoms with van der Waals surface area (Å²) in [6, 6.07) is 35.9.